The molecule has 0 unspecified atom stereocenters. The maximum absolute atomic E-state index is 13.6. The number of aliphatic hydroxyl groups is 1. The van der Waals surface area contributed by atoms with Gasteiger partial charge in [-0.15, -0.1) is 0 Å². The number of nitrogens with two attached hydrogens (primary N) is 1. The van der Waals surface area contributed by atoms with E-state index < -0.39 is 17.9 Å². The number of aromatic nitrogens is 5. The molecule has 186 valence electrons. The van der Waals surface area contributed by atoms with Crippen LogP contribution >= 0.6 is 0 Å². The SMILES string of the molecule is Cc1cc(-c2c(OCc3nccn3[C@H]3C[C@H](O)C3)nc(N)nc2-c2ccc(F)cc2)cc(C(F)F)n1. The second kappa shape index (κ2) is 9.57. The van der Waals surface area contributed by atoms with Gasteiger partial charge in [-0.1, -0.05) is 0 Å². The maximum atomic E-state index is 13.6. The lowest BCUT2D eigenvalue weighted by atomic mass is 9.89. The Morgan fingerprint density at radius 1 is 1.11 bits per heavy atom. The van der Waals surface area contributed by atoms with E-state index in [1.54, 1.807) is 19.2 Å². The minimum absolute atomic E-state index is 0.0116. The summed E-state index contributed by atoms with van der Waals surface area (Å²) in [4.78, 5) is 16.9. The highest BCUT2D eigenvalue weighted by Gasteiger charge is 2.30. The van der Waals surface area contributed by atoms with Crippen LogP contribution in [0.3, 0.4) is 0 Å². The van der Waals surface area contributed by atoms with Crippen molar-refractivity contribution >= 4 is 5.95 Å². The van der Waals surface area contributed by atoms with Crippen molar-refractivity contribution < 1.29 is 23.0 Å². The molecule has 0 spiro atoms. The third kappa shape index (κ3) is 4.74. The molecule has 0 aliphatic heterocycles. The number of nitrogens with zero attached hydrogens (tertiary/aromatic N) is 5. The van der Waals surface area contributed by atoms with Gasteiger partial charge in [0, 0.05) is 29.7 Å². The first-order valence-electron chi connectivity index (χ1n) is 11.3. The number of imidazole rings is 1. The molecule has 3 N–H and O–H groups in total. The molecule has 1 aromatic carbocycles. The van der Waals surface area contributed by atoms with Crippen molar-refractivity contribution in [3.63, 3.8) is 0 Å². The molecular weight excluding hydrogens is 473 g/mol. The number of hydrogen-bond acceptors (Lipinski definition) is 7. The third-order valence-electron chi connectivity index (χ3n) is 6.06. The standard InChI is InChI=1S/C25H23F3N6O2/c1-13-8-15(9-19(31-13)23(27)28)21-22(14-2-4-16(26)5-3-14)32-25(29)33-24(21)36-12-20-30-6-7-34(20)17-10-18(35)11-17/h2-9,17-18,23,35H,10-12H2,1H3,(H2,29,32,33)/t17-,18-. The molecule has 11 heteroatoms. The zero-order valence-electron chi connectivity index (χ0n) is 19.3. The van der Waals surface area contributed by atoms with Crippen LogP contribution < -0.4 is 10.5 Å². The highest BCUT2D eigenvalue weighted by atomic mass is 19.3. The summed E-state index contributed by atoms with van der Waals surface area (Å²) in [6.07, 6.45) is 1.57. The lowest BCUT2D eigenvalue weighted by molar-refractivity contribution is 0.0460. The molecule has 1 saturated carbocycles. The lowest BCUT2D eigenvalue weighted by Crippen LogP contribution is -2.31. The summed E-state index contributed by atoms with van der Waals surface area (Å²) in [6.45, 7) is 1.62. The minimum Gasteiger partial charge on any atom is -0.469 e. The van der Waals surface area contributed by atoms with E-state index in [9.17, 15) is 18.3 Å². The fraction of sp³-hybridized carbons (Fsp3) is 0.280. The van der Waals surface area contributed by atoms with E-state index in [-0.39, 0.29) is 30.6 Å². The first kappa shape index (κ1) is 23.7. The van der Waals surface area contributed by atoms with Crippen molar-refractivity contribution in [3.05, 3.63) is 71.8 Å². The Morgan fingerprint density at radius 3 is 2.56 bits per heavy atom. The summed E-state index contributed by atoms with van der Waals surface area (Å²) >= 11 is 0. The second-order valence-electron chi connectivity index (χ2n) is 8.66. The summed E-state index contributed by atoms with van der Waals surface area (Å²) in [6, 6.07) is 8.55. The first-order valence-corrected chi connectivity index (χ1v) is 11.3. The number of rotatable bonds is 7. The predicted molar refractivity (Wildman–Crippen MR) is 126 cm³/mol. The molecule has 36 heavy (non-hydrogen) atoms. The van der Waals surface area contributed by atoms with E-state index in [1.165, 1.54) is 30.3 Å². The summed E-state index contributed by atoms with van der Waals surface area (Å²) in [7, 11) is 0. The van der Waals surface area contributed by atoms with Crippen LogP contribution in [0.2, 0.25) is 0 Å². The monoisotopic (exact) mass is 496 g/mol. The van der Waals surface area contributed by atoms with E-state index in [1.807, 2.05) is 10.8 Å². The van der Waals surface area contributed by atoms with Crippen molar-refractivity contribution in [2.75, 3.05) is 5.73 Å². The van der Waals surface area contributed by atoms with Gasteiger partial charge in [0.25, 0.3) is 6.43 Å². The van der Waals surface area contributed by atoms with Crippen molar-refractivity contribution in [1.29, 1.82) is 0 Å². The van der Waals surface area contributed by atoms with E-state index in [2.05, 4.69) is 19.9 Å². The van der Waals surface area contributed by atoms with Crippen LogP contribution in [0, 0.1) is 12.7 Å². The Hall–Kier alpha value is -3.99. The molecule has 4 aromatic rings. The molecule has 3 heterocycles. The average Bonchev–Trinajstić information content (AvgIpc) is 3.28. The van der Waals surface area contributed by atoms with Gasteiger partial charge >= 0.3 is 0 Å². The lowest BCUT2D eigenvalue weighted by Gasteiger charge is -2.33. The molecule has 8 nitrogen and oxygen atoms in total. The zero-order valence-corrected chi connectivity index (χ0v) is 19.3. The Labute approximate surface area is 204 Å². The molecule has 0 radical (unpaired) electrons. The van der Waals surface area contributed by atoms with Crippen LogP contribution in [0.5, 0.6) is 5.88 Å². The highest BCUT2D eigenvalue weighted by molar-refractivity contribution is 5.85. The quantitative estimate of drug-likeness (QED) is 0.383. The van der Waals surface area contributed by atoms with Crippen LogP contribution in [-0.4, -0.2) is 35.7 Å². The van der Waals surface area contributed by atoms with Crippen LogP contribution in [0.4, 0.5) is 19.1 Å². The molecule has 1 aliphatic rings. The molecule has 0 saturated heterocycles. The Kier molecular flexibility index (Phi) is 6.31. The Balaban J connectivity index is 1.60. The highest BCUT2D eigenvalue weighted by Crippen LogP contribution is 2.39. The number of ether oxygens (including phenoxy) is 1. The number of anilines is 1. The fourth-order valence-corrected chi connectivity index (χ4v) is 4.30. The Bertz CT molecular complexity index is 1390. The van der Waals surface area contributed by atoms with Gasteiger partial charge in [-0.3, -0.25) is 4.98 Å². The molecule has 0 atom stereocenters. The van der Waals surface area contributed by atoms with Gasteiger partial charge < -0.3 is 20.1 Å². The van der Waals surface area contributed by atoms with Crippen molar-refractivity contribution in [3.8, 4) is 28.3 Å². The van der Waals surface area contributed by atoms with Gasteiger partial charge in [0.1, 0.15) is 23.9 Å². The Morgan fingerprint density at radius 2 is 1.86 bits per heavy atom. The number of nitrogen functional groups attached to an aromatic ring is 1. The van der Waals surface area contributed by atoms with Gasteiger partial charge in [-0.2, -0.15) is 4.98 Å². The molecule has 0 bridgehead atoms. The van der Waals surface area contributed by atoms with Crippen LogP contribution in [0.25, 0.3) is 22.4 Å². The smallest absolute Gasteiger partial charge is 0.280 e. The van der Waals surface area contributed by atoms with Crippen LogP contribution in [-0.2, 0) is 6.61 Å². The van der Waals surface area contributed by atoms with E-state index >= 15 is 0 Å². The molecular formula is C25H23F3N6O2. The van der Waals surface area contributed by atoms with Gasteiger partial charge in [-0.05, 0) is 61.7 Å². The number of hydrogen-bond donors (Lipinski definition) is 2. The number of benzene rings is 1. The summed E-state index contributed by atoms with van der Waals surface area (Å²) in [5.41, 5.74) is 7.44. The van der Waals surface area contributed by atoms with Gasteiger partial charge in [0.05, 0.1) is 17.4 Å². The van der Waals surface area contributed by atoms with Crippen molar-refractivity contribution in [2.24, 2.45) is 0 Å². The topological polar surface area (TPSA) is 112 Å². The van der Waals surface area contributed by atoms with Crippen LogP contribution in [0.1, 0.15) is 42.5 Å². The fourth-order valence-electron chi connectivity index (χ4n) is 4.30. The molecule has 1 aliphatic carbocycles. The summed E-state index contributed by atoms with van der Waals surface area (Å²) < 4.78 is 48.8. The van der Waals surface area contributed by atoms with Crippen molar-refractivity contribution in [1.82, 2.24) is 24.5 Å². The van der Waals surface area contributed by atoms with Gasteiger partial charge in [-0.25, -0.2) is 23.1 Å². The maximum Gasteiger partial charge on any atom is 0.280 e. The molecule has 5 rings (SSSR count). The number of aliphatic hydroxyl groups excluding tert-OH is 1. The van der Waals surface area contributed by atoms with Crippen molar-refractivity contribution in [2.45, 2.75) is 44.9 Å². The van der Waals surface area contributed by atoms with Crippen LogP contribution in [0.15, 0.2) is 48.8 Å². The normalized spacial score (nSPS) is 17.3. The number of alkyl halides is 2. The number of pyridine rings is 1. The average molecular weight is 496 g/mol. The van der Waals surface area contributed by atoms with Gasteiger partial charge in [0.2, 0.25) is 11.8 Å². The largest absolute Gasteiger partial charge is 0.469 e. The number of aryl methyl sites for hydroxylation is 1. The van der Waals surface area contributed by atoms with E-state index in [4.69, 9.17) is 10.5 Å². The second-order valence-corrected chi connectivity index (χ2v) is 8.66. The third-order valence-corrected chi connectivity index (χ3v) is 6.06. The predicted octanol–water partition coefficient (Wildman–Crippen LogP) is 4.64. The first-order chi connectivity index (χ1) is 17.3. The minimum atomic E-state index is -2.79. The zero-order chi connectivity index (χ0) is 25.4. The van der Waals surface area contributed by atoms with Gasteiger partial charge in [0.15, 0.2) is 0 Å². The van der Waals surface area contributed by atoms with E-state index in [0.717, 1.165) is 0 Å². The molecule has 1 fully saturated rings. The molecule has 3 aromatic heterocycles. The molecule has 0 amide bonds. The number of halogens is 3. The summed E-state index contributed by atoms with van der Waals surface area (Å²) in [5, 5.41) is 9.67. The summed E-state index contributed by atoms with van der Waals surface area (Å²) in [5.74, 6) is 0.137. The van der Waals surface area contributed by atoms with E-state index in [0.29, 0.717) is 46.7 Å².